The smallest absolute Gasteiger partial charge is 0.321 e. The zero-order valence-electron chi connectivity index (χ0n) is 25.9. The first kappa shape index (κ1) is 30.2. The number of ether oxygens (including phenoxy) is 2. The summed E-state index contributed by atoms with van der Waals surface area (Å²) in [5, 5.41) is 2.90. The lowest BCUT2D eigenvalue weighted by Gasteiger charge is -2.39. The predicted octanol–water partition coefficient (Wildman–Crippen LogP) is 6.24. The van der Waals surface area contributed by atoms with Crippen LogP contribution in [0.4, 0.5) is 4.79 Å². The van der Waals surface area contributed by atoms with E-state index in [2.05, 4.69) is 56.4 Å². The molecule has 8 heteroatoms. The van der Waals surface area contributed by atoms with Crippen LogP contribution in [0, 0.1) is 0 Å². The van der Waals surface area contributed by atoms with Crippen molar-refractivity contribution in [3.8, 4) is 11.5 Å². The summed E-state index contributed by atoms with van der Waals surface area (Å²) in [5.74, 6) is 1.38. The van der Waals surface area contributed by atoms with E-state index in [0.717, 1.165) is 70.8 Å². The number of nitrogens with zero attached hydrogens (tertiary/aromatic N) is 3. The van der Waals surface area contributed by atoms with Gasteiger partial charge in [-0.1, -0.05) is 42.5 Å². The Bertz CT molecular complexity index is 1380. The number of carbonyl (C=O) groups is 2. The van der Waals surface area contributed by atoms with E-state index in [1.807, 2.05) is 44.2 Å². The van der Waals surface area contributed by atoms with Gasteiger partial charge in [0.1, 0.15) is 11.5 Å². The van der Waals surface area contributed by atoms with Crippen LogP contribution in [0.2, 0.25) is 0 Å². The van der Waals surface area contributed by atoms with E-state index >= 15 is 0 Å². The maximum Gasteiger partial charge on any atom is 0.321 e. The molecule has 3 heterocycles. The summed E-state index contributed by atoms with van der Waals surface area (Å²) in [5.41, 5.74) is 3.08. The van der Waals surface area contributed by atoms with Crippen LogP contribution in [-0.2, 0) is 11.3 Å². The van der Waals surface area contributed by atoms with Crippen molar-refractivity contribution >= 4 is 11.9 Å². The summed E-state index contributed by atoms with van der Waals surface area (Å²) in [6.07, 6.45) is 3.80. The SMILES string of the molecule is CC(C)NC(=O)c1ccc(Oc2ccc(CN3CCC(N4C(=O)N(C5CCOCC5)CC4c4ccccc4)CC3)cc2)cc1. The molecule has 1 N–H and O–H groups in total. The molecule has 1 atom stereocenters. The Morgan fingerprint density at radius 2 is 1.50 bits per heavy atom. The zero-order chi connectivity index (χ0) is 30.5. The van der Waals surface area contributed by atoms with Crippen LogP contribution >= 0.6 is 0 Å². The number of urea groups is 1. The first-order chi connectivity index (χ1) is 21.4. The fourth-order valence-electron chi connectivity index (χ4n) is 6.72. The Morgan fingerprint density at radius 3 is 2.14 bits per heavy atom. The highest BCUT2D eigenvalue weighted by atomic mass is 16.5. The van der Waals surface area contributed by atoms with Gasteiger partial charge in [-0.3, -0.25) is 9.69 Å². The summed E-state index contributed by atoms with van der Waals surface area (Å²) in [7, 11) is 0. The van der Waals surface area contributed by atoms with Crippen molar-refractivity contribution in [2.75, 3.05) is 32.8 Å². The van der Waals surface area contributed by atoms with Crippen LogP contribution in [0.15, 0.2) is 78.9 Å². The first-order valence-electron chi connectivity index (χ1n) is 16.1. The molecule has 0 bridgehead atoms. The maximum atomic E-state index is 13.9. The molecule has 3 saturated heterocycles. The Kier molecular flexibility index (Phi) is 9.48. The molecular weight excluding hydrogens is 552 g/mol. The van der Waals surface area contributed by atoms with Crippen LogP contribution in [-0.4, -0.2) is 77.6 Å². The van der Waals surface area contributed by atoms with Gasteiger partial charge in [-0.2, -0.15) is 0 Å². The van der Waals surface area contributed by atoms with Crippen molar-refractivity contribution in [2.45, 2.75) is 70.2 Å². The van der Waals surface area contributed by atoms with Gasteiger partial charge in [0.25, 0.3) is 5.91 Å². The number of piperidine rings is 1. The lowest BCUT2D eigenvalue weighted by atomic mass is 9.98. The van der Waals surface area contributed by atoms with Gasteiger partial charge in [-0.05, 0) is 87.1 Å². The molecule has 44 heavy (non-hydrogen) atoms. The highest BCUT2D eigenvalue weighted by Gasteiger charge is 2.45. The van der Waals surface area contributed by atoms with Crippen LogP contribution in [0.5, 0.6) is 11.5 Å². The molecule has 3 aromatic carbocycles. The molecule has 0 saturated carbocycles. The van der Waals surface area contributed by atoms with Crippen molar-refractivity contribution in [3.63, 3.8) is 0 Å². The van der Waals surface area contributed by atoms with Crippen molar-refractivity contribution in [3.05, 3.63) is 95.6 Å². The van der Waals surface area contributed by atoms with Gasteiger partial charge in [0.15, 0.2) is 0 Å². The Hall–Kier alpha value is -3.88. The average Bonchev–Trinajstić information content (AvgIpc) is 3.40. The molecule has 1 unspecified atom stereocenters. The number of rotatable bonds is 9. The monoisotopic (exact) mass is 596 g/mol. The molecule has 8 nitrogen and oxygen atoms in total. The van der Waals surface area contributed by atoms with Crippen molar-refractivity contribution in [2.24, 2.45) is 0 Å². The maximum absolute atomic E-state index is 13.9. The molecule has 3 aliphatic rings. The normalized spacial score (nSPS) is 20.3. The minimum absolute atomic E-state index is 0.0834. The van der Waals surface area contributed by atoms with E-state index in [4.69, 9.17) is 9.47 Å². The summed E-state index contributed by atoms with van der Waals surface area (Å²) in [6.45, 7) is 8.92. The average molecular weight is 597 g/mol. The van der Waals surface area contributed by atoms with Crippen LogP contribution in [0.3, 0.4) is 0 Å². The van der Waals surface area contributed by atoms with E-state index in [9.17, 15) is 9.59 Å². The fraction of sp³-hybridized carbons (Fsp3) is 0.444. The number of carbonyl (C=O) groups excluding carboxylic acids is 2. The lowest BCUT2D eigenvalue weighted by Crippen LogP contribution is -2.48. The van der Waals surface area contributed by atoms with Gasteiger partial charge >= 0.3 is 6.03 Å². The molecule has 3 fully saturated rings. The Balaban J connectivity index is 1.03. The number of benzene rings is 3. The summed E-state index contributed by atoms with van der Waals surface area (Å²) in [6, 6.07) is 26.9. The van der Waals surface area contributed by atoms with Crippen molar-refractivity contribution in [1.29, 1.82) is 0 Å². The topological polar surface area (TPSA) is 74.4 Å². The number of amides is 3. The van der Waals surface area contributed by atoms with E-state index in [1.165, 1.54) is 11.1 Å². The van der Waals surface area contributed by atoms with Gasteiger partial charge in [-0.15, -0.1) is 0 Å². The van der Waals surface area contributed by atoms with Crippen LogP contribution < -0.4 is 10.1 Å². The van der Waals surface area contributed by atoms with Crippen LogP contribution in [0.25, 0.3) is 0 Å². The second kappa shape index (κ2) is 13.8. The molecule has 0 spiro atoms. The highest BCUT2D eigenvalue weighted by Crippen LogP contribution is 2.37. The van der Waals surface area contributed by atoms with Gasteiger partial charge in [0.2, 0.25) is 0 Å². The van der Waals surface area contributed by atoms with E-state index < -0.39 is 0 Å². The number of nitrogens with one attached hydrogen (secondary N) is 1. The second-order valence-corrected chi connectivity index (χ2v) is 12.5. The van der Waals surface area contributed by atoms with E-state index in [-0.39, 0.29) is 36.1 Å². The third-order valence-electron chi connectivity index (χ3n) is 9.04. The third-order valence-corrected chi connectivity index (χ3v) is 9.04. The molecule has 3 amide bonds. The van der Waals surface area contributed by atoms with Crippen molar-refractivity contribution < 1.29 is 19.1 Å². The molecule has 0 radical (unpaired) electrons. The fourth-order valence-corrected chi connectivity index (χ4v) is 6.72. The Morgan fingerprint density at radius 1 is 0.864 bits per heavy atom. The summed E-state index contributed by atoms with van der Waals surface area (Å²) < 4.78 is 11.6. The highest BCUT2D eigenvalue weighted by molar-refractivity contribution is 5.94. The molecule has 3 aliphatic heterocycles. The minimum atomic E-state index is -0.0834. The second-order valence-electron chi connectivity index (χ2n) is 12.5. The summed E-state index contributed by atoms with van der Waals surface area (Å²) >= 11 is 0. The number of hydrogen-bond acceptors (Lipinski definition) is 5. The molecule has 0 aliphatic carbocycles. The van der Waals surface area contributed by atoms with Gasteiger partial charge in [-0.25, -0.2) is 4.79 Å². The quantitative estimate of drug-likeness (QED) is 0.317. The first-order valence-corrected chi connectivity index (χ1v) is 16.1. The minimum Gasteiger partial charge on any atom is -0.457 e. The third kappa shape index (κ3) is 7.08. The number of hydrogen-bond donors (Lipinski definition) is 1. The van der Waals surface area contributed by atoms with Gasteiger partial charge < -0.3 is 24.6 Å². The van der Waals surface area contributed by atoms with Crippen molar-refractivity contribution in [1.82, 2.24) is 20.0 Å². The standard InChI is InChI=1S/C36H44N4O4/c1-26(2)37-35(41)29-10-14-33(15-11-29)44-32-12-8-27(9-13-32)24-38-20-16-31(17-21-38)40-34(28-6-4-3-5-7-28)25-39(36(40)42)30-18-22-43-23-19-30/h3-15,26,30-31,34H,16-25H2,1-2H3,(H,37,41). The molecule has 232 valence electrons. The predicted molar refractivity (Wildman–Crippen MR) is 171 cm³/mol. The van der Waals surface area contributed by atoms with Gasteiger partial charge in [0.05, 0.1) is 6.04 Å². The van der Waals surface area contributed by atoms with E-state index in [1.54, 1.807) is 12.1 Å². The van der Waals surface area contributed by atoms with E-state index in [0.29, 0.717) is 11.3 Å². The number of likely N-dealkylation sites (tertiary alicyclic amines) is 1. The zero-order valence-corrected chi connectivity index (χ0v) is 25.9. The Labute approximate surface area is 260 Å². The van der Waals surface area contributed by atoms with Gasteiger partial charge in [0, 0.05) is 63.1 Å². The molecule has 3 aromatic rings. The largest absolute Gasteiger partial charge is 0.457 e. The molecule has 0 aromatic heterocycles. The van der Waals surface area contributed by atoms with Crippen LogP contribution in [0.1, 0.15) is 67.1 Å². The lowest BCUT2D eigenvalue weighted by molar-refractivity contribution is 0.0493. The summed E-state index contributed by atoms with van der Waals surface area (Å²) in [4.78, 5) is 32.9. The molecular formula is C36H44N4O4. The molecule has 6 rings (SSSR count).